The van der Waals surface area contributed by atoms with E-state index in [1.807, 2.05) is 6.07 Å². The van der Waals surface area contributed by atoms with Crippen molar-refractivity contribution in [3.63, 3.8) is 0 Å². The van der Waals surface area contributed by atoms with E-state index in [1.54, 1.807) is 33.3 Å². The predicted octanol–water partition coefficient (Wildman–Crippen LogP) is 2.58. The van der Waals surface area contributed by atoms with Crippen molar-refractivity contribution in [2.75, 3.05) is 0 Å². The highest BCUT2D eigenvalue weighted by Gasteiger charge is 2.23. The monoisotopic (exact) mass is 283 g/mol. The van der Waals surface area contributed by atoms with Crippen molar-refractivity contribution in [3.8, 4) is 0 Å². The number of rotatable bonds is 6. The van der Waals surface area contributed by atoms with Gasteiger partial charge in [-0.25, -0.2) is 9.59 Å². The predicted molar refractivity (Wildman–Crippen MR) is 72.4 cm³/mol. The first-order chi connectivity index (χ1) is 9.28. The molecule has 0 saturated carbocycles. The number of carboxylic acids is 1. The Morgan fingerprint density at radius 1 is 1.45 bits per heavy atom. The highest BCUT2D eigenvalue weighted by Crippen LogP contribution is 2.10. The van der Waals surface area contributed by atoms with Gasteiger partial charge in [0.25, 0.3) is 0 Å². The fourth-order valence-corrected chi connectivity index (χ4v) is 1.65. The largest absolute Gasteiger partial charge is 0.480 e. The van der Waals surface area contributed by atoms with Crippen LogP contribution in [0.3, 0.4) is 0 Å². The average Bonchev–Trinajstić information content (AvgIpc) is 2.77. The molecule has 1 rings (SSSR count). The first kappa shape index (κ1) is 16.1. The number of carbonyl (C=O) groups is 2. The van der Waals surface area contributed by atoms with Crippen LogP contribution < -0.4 is 5.32 Å². The number of alkyl carbamates (subject to hydrolysis) is 1. The summed E-state index contributed by atoms with van der Waals surface area (Å²) in [5.74, 6) is -1.07. The molecule has 2 N–H and O–H groups in total. The number of nitrogens with one attached hydrogen (secondary N) is 1. The Balaban J connectivity index is 2.40. The molecule has 1 unspecified atom stereocenters. The molecule has 0 aromatic carbocycles. The quantitative estimate of drug-likeness (QED) is 0.837. The van der Waals surface area contributed by atoms with Gasteiger partial charge in [0.05, 0.1) is 12.5 Å². The zero-order chi connectivity index (χ0) is 15.2. The minimum absolute atomic E-state index is 0.333. The number of hydrogen-bond acceptors (Lipinski definition) is 4. The third kappa shape index (κ3) is 6.26. The molecule has 6 heteroatoms. The van der Waals surface area contributed by atoms with E-state index in [0.717, 1.165) is 5.56 Å². The van der Waals surface area contributed by atoms with Crippen molar-refractivity contribution in [2.45, 2.75) is 51.7 Å². The van der Waals surface area contributed by atoms with E-state index in [2.05, 4.69) is 5.32 Å². The van der Waals surface area contributed by atoms with Crippen LogP contribution in [0.15, 0.2) is 23.0 Å². The Labute approximate surface area is 118 Å². The Morgan fingerprint density at radius 3 is 2.65 bits per heavy atom. The Hall–Kier alpha value is -1.98. The van der Waals surface area contributed by atoms with Gasteiger partial charge in [0.2, 0.25) is 0 Å². The standard InChI is InChI=1S/C14H21NO5/c1-14(2,3)20-13(18)15-11(12(16)17)6-4-5-10-7-8-19-9-10/h7-9,11H,4-6H2,1-3H3,(H,15,18)(H,16,17). The summed E-state index contributed by atoms with van der Waals surface area (Å²) in [4.78, 5) is 22.7. The van der Waals surface area contributed by atoms with E-state index in [9.17, 15) is 9.59 Å². The number of carboxylic acid groups (broad SMARTS) is 1. The van der Waals surface area contributed by atoms with E-state index in [0.29, 0.717) is 19.3 Å². The fraction of sp³-hybridized carbons (Fsp3) is 0.571. The van der Waals surface area contributed by atoms with Crippen molar-refractivity contribution in [1.82, 2.24) is 5.32 Å². The van der Waals surface area contributed by atoms with E-state index in [-0.39, 0.29) is 0 Å². The van der Waals surface area contributed by atoms with Gasteiger partial charge in [-0.15, -0.1) is 0 Å². The lowest BCUT2D eigenvalue weighted by Crippen LogP contribution is -2.43. The maximum absolute atomic E-state index is 11.6. The van der Waals surface area contributed by atoms with Crippen LogP contribution in [0, 0.1) is 0 Å². The summed E-state index contributed by atoms with van der Waals surface area (Å²) < 4.78 is 9.98. The van der Waals surface area contributed by atoms with Crippen LogP contribution in [0.4, 0.5) is 4.79 Å². The number of furan rings is 1. The first-order valence-electron chi connectivity index (χ1n) is 6.51. The zero-order valence-electron chi connectivity index (χ0n) is 12.0. The summed E-state index contributed by atoms with van der Waals surface area (Å²) >= 11 is 0. The first-order valence-corrected chi connectivity index (χ1v) is 6.51. The highest BCUT2D eigenvalue weighted by atomic mass is 16.6. The van der Waals surface area contributed by atoms with Crippen LogP contribution in [0.1, 0.15) is 39.2 Å². The normalized spacial score (nSPS) is 12.8. The van der Waals surface area contributed by atoms with Gasteiger partial charge in [-0.3, -0.25) is 0 Å². The van der Waals surface area contributed by atoms with Crippen LogP contribution in [-0.2, 0) is 16.0 Å². The van der Waals surface area contributed by atoms with Gasteiger partial charge in [-0.05, 0) is 51.7 Å². The minimum atomic E-state index is -1.07. The number of ether oxygens (including phenoxy) is 1. The molecular weight excluding hydrogens is 262 g/mol. The third-order valence-electron chi connectivity index (χ3n) is 2.53. The molecule has 6 nitrogen and oxygen atoms in total. The van der Waals surface area contributed by atoms with Gasteiger partial charge in [-0.1, -0.05) is 0 Å². The molecule has 20 heavy (non-hydrogen) atoms. The molecule has 0 spiro atoms. The second-order valence-electron chi connectivity index (χ2n) is 5.56. The number of aryl methyl sites for hydroxylation is 1. The van der Waals surface area contributed by atoms with E-state index in [1.165, 1.54) is 0 Å². The molecule has 0 aliphatic rings. The molecule has 0 fully saturated rings. The van der Waals surface area contributed by atoms with Crippen LogP contribution in [0.2, 0.25) is 0 Å². The van der Waals surface area contributed by atoms with Crippen LogP contribution in [-0.4, -0.2) is 28.8 Å². The molecule has 0 radical (unpaired) electrons. The van der Waals surface area contributed by atoms with Gasteiger partial charge in [0.15, 0.2) is 0 Å². The lowest BCUT2D eigenvalue weighted by atomic mass is 10.1. The lowest BCUT2D eigenvalue weighted by molar-refractivity contribution is -0.139. The summed E-state index contributed by atoms with van der Waals surface area (Å²) in [7, 11) is 0. The number of aliphatic carboxylic acids is 1. The molecule has 0 aliphatic heterocycles. The highest BCUT2D eigenvalue weighted by molar-refractivity contribution is 5.79. The van der Waals surface area contributed by atoms with Crippen molar-refractivity contribution in [2.24, 2.45) is 0 Å². The topological polar surface area (TPSA) is 88.8 Å². The second-order valence-corrected chi connectivity index (χ2v) is 5.56. The third-order valence-corrected chi connectivity index (χ3v) is 2.53. The molecule has 0 saturated heterocycles. The van der Waals surface area contributed by atoms with Crippen molar-refractivity contribution in [1.29, 1.82) is 0 Å². The molecule has 0 aliphatic carbocycles. The average molecular weight is 283 g/mol. The minimum Gasteiger partial charge on any atom is -0.480 e. The zero-order valence-corrected chi connectivity index (χ0v) is 12.0. The number of carbonyl (C=O) groups excluding carboxylic acids is 1. The van der Waals surface area contributed by atoms with Crippen LogP contribution >= 0.6 is 0 Å². The molecule has 1 aromatic heterocycles. The summed E-state index contributed by atoms with van der Waals surface area (Å²) in [6.45, 7) is 5.17. The van der Waals surface area contributed by atoms with E-state index < -0.39 is 23.7 Å². The van der Waals surface area contributed by atoms with Crippen LogP contribution in [0.25, 0.3) is 0 Å². The van der Waals surface area contributed by atoms with Gasteiger partial charge in [0, 0.05) is 0 Å². The van der Waals surface area contributed by atoms with Crippen molar-refractivity contribution < 1.29 is 23.8 Å². The summed E-state index contributed by atoms with van der Waals surface area (Å²) in [5.41, 5.74) is 0.357. The maximum Gasteiger partial charge on any atom is 0.408 e. The number of amides is 1. The molecular formula is C14H21NO5. The van der Waals surface area contributed by atoms with E-state index in [4.69, 9.17) is 14.3 Å². The molecule has 1 amide bonds. The number of hydrogen-bond donors (Lipinski definition) is 2. The smallest absolute Gasteiger partial charge is 0.408 e. The molecule has 1 atom stereocenters. The van der Waals surface area contributed by atoms with Crippen molar-refractivity contribution >= 4 is 12.1 Å². The summed E-state index contributed by atoms with van der Waals surface area (Å²) in [6.07, 6.45) is 4.15. The fourth-order valence-electron chi connectivity index (χ4n) is 1.65. The van der Waals surface area contributed by atoms with Gasteiger partial charge < -0.3 is 19.6 Å². The Morgan fingerprint density at radius 2 is 2.15 bits per heavy atom. The Bertz CT molecular complexity index is 433. The molecule has 1 heterocycles. The summed E-state index contributed by atoms with van der Waals surface area (Å²) in [5, 5.41) is 11.5. The second kappa shape index (κ2) is 6.98. The maximum atomic E-state index is 11.6. The van der Waals surface area contributed by atoms with Crippen molar-refractivity contribution in [3.05, 3.63) is 24.2 Å². The Kier molecular flexibility index (Phi) is 5.61. The van der Waals surface area contributed by atoms with Crippen LogP contribution in [0.5, 0.6) is 0 Å². The van der Waals surface area contributed by atoms with Gasteiger partial charge >= 0.3 is 12.1 Å². The lowest BCUT2D eigenvalue weighted by Gasteiger charge is -2.21. The van der Waals surface area contributed by atoms with Gasteiger partial charge in [-0.2, -0.15) is 0 Å². The molecule has 0 bridgehead atoms. The SMILES string of the molecule is CC(C)(C)OC(=O)NC(CCCc1ccoc1)C(=O)O. The molecule has 1 aromatic rings. The van der Waals surface area contributed by atoms with E-state index >= 15 is 0 Å². The van der Waals surface area contributed by atoms with Gasteiger partial charge in [0.1, 0.15) is 11.6 Å². The molecule has 112 valence electrons. The summed E-state index contributed by atoms with van der Waals surface area (Å²) in [6, 6.07) is 0.883.